The Hall–Kier alpha value is -0.440. The number of ether oxygens (including phenoxy) is 1. The van der Waals surface area contributed by atoms with Gasteiger partial charge in [0.1, 0.15) is 15.7 Å². The van der Waals surface area contributed by atoms with Crippen LogP contribution in [0.15, 0.2) is 0 Å². The second kappa shape index (κ2) is 3.10. The smallest absolute Gasteiger partial charge is 0.309 e. The van der Waals surface area contributed by atoms with Gasteiger partial charge in [-0.25, -0.2) is 0 Å². The van der Waals surface area contributed by atoms with E-state index in [1.807, 2.05) is 0 Å². The van der Waals surface area contributed by atoms with Crippen molar-refractivity contribution in [2.75, 3.05) is 7.11 Å². The maximum absolute atomic E-state index is 10.6. The number of carbonyl (C=O) groups is 1. The van der Waals surface area contributed by atoms with Crippen LogP contribution in [0.2, 0.25) is 0 Å². The van der Waals surface area contributed by atoms with Crippen LogP contribution in [0, 0.1) is 5.92 Å². The summed E-state index contributed by atoms with van der Waals surface area (Å²) in [4.78, 5) is 10.6. The van der Waals surface area contributed by atoms with Gasteiger partial charge in [0, 0.05) is 0 Å². The van der Waals surface area contributed by atoms with Crippen LogP contribution >= 0.6 is 0 Å². The van der Waals surface area contributed by atoms with E-state index in [1.54, 1.807) is 0 Å². The molecule has 10 heavy (non-hydrogen) atoms. The molecular formula is C5H8B2O3. The number of hydrogen-bond acceptors (Lipinski definition) is 3. The van der Waals surface area contributed by atoms with Crippen LogP contribution in [0.5, 0.6) is 0 Å². The molecule has 52 valence electrons. The summed E-state index contributed by atoms with van der Waals surface area (Å²) in [7, 11) is 11.2. The molecule has 1 atom stereocenters. The highest BCUT2D eigenvalue weighted by atomic mass is 16.5. The van der Waals surface area contributed by atoms with Crippen molar-refractivity contribution in [2.24, 2.45) is 5.92 Å². The Labute approximate surface area is 62.6 Å². The van der Waals surface area contributed by atoms with Gasteiger partial charge >= 0.3 is 5.97 Å². The summed E-state index contributed by atoms with van der Waals surface area (Å²) in [5, 5.41) is 6.85. The van der Waals surface area contributed by atoms with Gasteiger partial charge in [0.25, 0.3) is 0 Å². The van der Waals surface area contributed by atoms with Crippen molar-refractivity contribution < 1.29 is 14.6 Å². The summed E-state index contributed by atoms with van der Waals surface area (Å²) in [6.07, 6.45) is 0. The van der Waals surface area contributed by atoms with Crippen LogP contribution < -0.4 is 0 Å². The van der Waals surface area contributed by atoms with E-state index in [2.05, 4.69) is 4.74 Å². The first-order valence-electron chi connectivity index (χ1n) is 2.77. The van der Waals surface area contributed by atoms with Gasteiger partial charge in [-0.15, -0.1) is 0 Å². The highest BCUT2D eigenvalue weighted by Crippen LogP contribution is 2.10. The molecule has 0 aliphatic heterocycles. The zero-order chi connectivity index (χ0) is 8.36. The number of hydrogen-bond donors (Lipinski definition) is 1. The molecule has 0 spiro atoms. The minimum atomic E-state index is -1.99. The number of aliphatic hydroxyl groups is 1. The maximum Gasteiger partial charge on any atom is 0.309 e. The number of carbonyl (C=O) groups excluding carboxylic acids is 1. The van der Waals surface area contributed by atoms with Crippen LogP contribution in [0.3, 0.4) is 0 Å². The van der Waals surface area contributed by atoms with Crippen LogP contribution in [0.4, 0.5) is 0 Å². The molecular weight excluding hydrogens is 130 g/mol. The summed E-state index contributed by atoms with van der Waals surface area (Å²) in [6.45, 7) is 1.38. The Morgan fingerprint density at radius 1 is 1.70 bits per heavy atom. The number of rotatable bonds is 2. The van der Waals surface area contributed by atoms with Crippen LogP contribution in [0.25, 0.3) is 0 Å². The van der Waals surface area contributed by atoms with E-state index < -0.39 is 17.3 Å². The second-order valence-corrected chi connectivity index (χ2v) is 2.13. The second-order valence-electron chi connectivity index (χ2n) is 2.13. The van der Waals surface area contributed by atoms with Crippen molar-refractivity contribution in [3.8, 4) is 0 Å². The highest BCUT2D eigenvalue weighted by Gasteiger charge is 2.28. The molecule has 0 saturated carbocycles. The fourth-order valence-corrected chi connectivity index (χ4v) is 0.366. The van der Waals surface area contributed by atoms with Crippen LogP contribution in [-0.4, -0.2) is 39.3 Å². The normalized spacial score (nSPS) is 14.3. The zero-order valence-electron chi connectivity index (χ0n) is 6.00. The predicted molar refractivity (Wildman–Crippen MR) is 37.6 cm³/mol. The maximum atomic E-state index is 10.6. The third-order valence-electron chi connectivity index (χ3n) is 1.25. The first-order valence-corrected chi connectivity index (χ1v) is 2.77. The Balaban J connectivity index is 4.08. The van der Waals surface area contributed by atoms with E-state index in [-0.39, 0.29) is 0 Å². The average molecular weight is 138 g/mol. The Morgan fingerprint density at radius 2 is 2.10 bits per heavy atom. The molecule has 3 nitrogen and oxygen atoms in total. The minimum Gasteiger partial charge on any atom is -0.469 e. The van der Waals surface area contributed by atoms with Gasteiger partial charge in [0.2, 0.25) is 0 Å². The monoisotopic (exact) mass is 138 g/mol. The van der Waals surface area contributed by atoms with E-state index in [9.17, 15) is 4.79 Å². The fraction of sp³-hybridized carbons (Fsp3) is 0.800. The molecule has 0 aliphatic rings. The molecule has 0 saturated heterocycles. The lowest BCUT2D eigenvalue weighted by atomic mass is 9.59. The highest BCUT2D eigenvalue weighted by molar-refractivity contribution is 6.40. The SMILES string of the molecule is [B]C([B])(O)C(C)C(=O)OC. The summed E-state index contributed by atoms with van der Waals surface area (Å²) in [5.74, 6) is -1.55. The Bertz CT molecular complexity index is 129. The van der Waals surface area contributed by atoms with E-state index in [1.165, 1.54) is 14.0 Å². The summed E-state index contributed by atoms with van der Waals surface area (Å²) in [5.41, 5.74) is 0. The van der Waals surface area contributed by atoms with Crippen molar-refractivity contribution >= 4 is 21.7 Å². The van der Waals surface area contributed by atoms with Crippen LogP contribution in [-0.2, 0) is 9.53 Å². The molecule has 1 unspecified atom stereocenters. The third kappa shape index (κ3) is 2.43. The first-order chi connectivity index (χ1) is 4.39. The first kappa shape index (κ1) is 9.56. The van der Waals surface area contributed by atoms with Crippen molar-refractivity contribution in [1.82, 2.24) is 0 Å². The summed E-state index contributed by atoms with van der Waals surface area (Å²) >= 11 is 0. The van der Waals surface area contributed by atoms with Gasteiger partial charge < -0.3 is 9.84 Å². The van der Waals surface area contributed by atoms with Crippen molar-refractivity contribution in [1.29, 1.82) is 0 Å². The predicted octanol–water partition coefficient (Wildman–Crippen LogP) is -1.22. The lowest BCUT2D eigenvalue weighted by molar-refractivity contribution is -0.147. The standard InChI is InChI=1S/C5H8B2O3/c1-3(4(8)10-2)5(6,7)9/h3,9H,1-2H3. The summed E-state index contributed by atoms with van der Waals surface area (Å²) in [6, 6.07) is 0. The van der Waals surface area contributed by atoms with Gasteiger partial charge in [-0.1, -0.05) is 6.92 Å². The molecule has 0 heterocycles. The molecule has 5 heteroatoms. The zero-order valence-corrected chi connectivity index (χ0v) is 6.00. The lowest BCUT2D eigenvalue weighted by Gasteiger charge is -2.24. The topological polar surface area (TPSA) is 46.5 Å². The molecule has 0 amide bonds. The molecule has 0 rings (SSSR count). The molecule has 0 bridgehead atoms. The van der Waals surface area contributed by atoms with Gasteiger partial charge in [-0.2, -0.15) is 0 Å². The third-order valence-corrected chi connectivity index (χ3v) is 1.25. The lowest BCUT2D eigenvalue weighted by Crippen LogP contribution is -2.42. The molecule has 0 aromatic rings. The number of methoxy groups -OCH3 is 1. The average Bonchev–Trinajstić information content (AvgIpc) is 1.83. The van der Waals surface area contributed by atoms with E-state index in [4.69, 9.17) is 20.8 Å². The Morgan fingerprint density at radius 3 is 2.20 bits per heavy atom. The molecule has 0 aromatic heterocycles. The number of esters is 1. The Kier molecular flexibility index (Phi) is 2.96. The van der Waals surface area contributed by atoms with Crippen molar-refractivity contribution in [2.45, 2.75) is 12.3 Å². The molecule has 0 aromatic carbocycles. The fourth-order valence-electron chi connectivity index (χ4n) is 0.366. The van der Waals surface area contributed by atoms with E-state index >= 15 is 0 Å². The molecule has 0 aliphatic carbocycles. The molecule has 4 radical (unpaired) electrons. The van der Waals surface area contributed by atoms with Crippen molar-refractivity contribution in [3.05, 3.63) is 0 Å². The largest absolute Gasteiger partial charge is 0.469 e. The van der Waals surface area contributed by atoms with Gasteiger partial charge in [-0.05, 0) is 5.40 Å². The van der Waals surface area contributed by atoms with Gasteiger partial charge in [-0.3, -0.25) is 4.79 Å². The molecule has 0 fully saturated rings. The quantitative estimate of drug-likeness (QED) is 0.384. The van der Waals surface area contributed by atoms with Gasteiger partial charge in [0.15, 0.2) is 0 Å². The van der Waals surface area contributed by atoms with E-state index in [0.29, 0.717) is 0 Å². The van der Waals surface area contributed by atoms with Gasteiger partial charge in [0.05, 0.1) is 13.0 Å². The summed E-state index contributed by atoms with van der Waals surface area (Å²) < 4.78 is 4.28. The molecule has 1 N–H and O–H groups in total. The minimum absolute atomic E-state index is 0.632. The van der Waals surface area contributed by atoms with Crippen LogP contribution in [0.1, 0.15) is 6.92 Å². The van der Waals surface area contributed by atoms with Crippen molar-refractivity contribution in [3.63, 3.8) is 0 Å². The van der Waals surface area contributed by atoms with E-state index in [0.717, 1.165) is 0 Å².